The summed E-state index contributed by atoms with van der Waals surface area (Å²) in [5.41, 5.74) is 0.875. The lowest BCUT2D eigenvalue weighted by atomic mass is 10.2. The molecule has 1 atom stereocenters. The predicted molar refractivity (Wildman–Crippen MR) is 78.3 cm³/mol. The maximum absolute atomic E-state index is 12.8. The van der Waals surface area contributed by atoms with E-state index in [1.54, 1.807) is 42.5 Å². The number of rotatable bonds is 5. The summed E-state index contributed by atoms with van der Waals surface area (Å²) in [4.78, 5) is 0.470. The summed E-state index contributed by atoms with van der Waals surface area (Å²) in [6, 6.07) is 13.6. The Balaban J connectivity index is 2.01. The van der Waals surface area contributed by atoms with Crippen molar-refractivity contribution in [3.63, 3.8) is 0 Å². The smallest absolute Gasteiger partial charge is 0.210 e. The quantitative estimate of drug-likeness (QED) is 0.797. The number of ether oxygens (including phenoxy) is 2. The van der Waals surface area contributed by atoms with Crippen LogP contribution in [-0.4, -0.2) is 27.7 Å². The molecule has 1 aliphatic rings. The van der Waals surface area contributed by atoms with Crippen molar-refractivity contribution in [3.05, 3.63) is 54.1 Å². The summed E-state index contributed by atoms with van der Waals surface area (Å²) in [6.45, 7) is 2.91. The van der Waals surface area contributed by atoms with E-state index in [9.17, 15) is 8.42 Å². The predicted octanol–water partition coefficient (Wildman–Crippen LogP) is 2.61. The number of epoxide rings is 1. The molecule has 0 saturated carbocycles. The molecule has 3 rings (SSSR count). The molecule has 110 valence electrons. The highest BCUT2D eigenvalue weighted by Crippen LogP contribution is 2.31. The van der Waals surface area contributed by atoms with Crippen LogP contribution in [0.1, 0.15) is 5.56 Å². The minimum absolute atomic E-state index is 0.0820. The average Bonchev–Trinajstić information content (AvgIpc) is 3.31. The van der Waals surface area contributed by atoms with Gasteiger partial charge in [-0.1, -0.05) is 24.3 Å². The normalized spacial score (nSPS) is 17.5. The highest BCUT2D eigenvalue weighted by atomic mass is 32.2. The maximum Gasteiger partial charge on any atom is 0.210 e. The third-order valence-electron chi connectivity index (χ3n) is 3.27. The lowest BCUT2D eigenvalue weighted by Gasteiger charge is -2.12. The number of hydrogen-bond acceptors (Lipinski definition) is 4. The fraction of sp³-hybridized carbons (Fsp3) is 0.250. The maximum atomic E-state index is 12.8. The lowest BCUT2D eigenvalue weighted by Crippen LogP contribution is -2.09. The van der Waals surface area contributed by atoms with E-state index in [0.29, 0.717) is 19.0 Å². The number of benzene rings is 2. The Morgan fingerprint density at radius 3 is 2.57 bits per heavy atom. The molecule has 1 unspecified atom stereocenters. The van der Waals surface area contributed by atoms with Crippen LogP contribution in [-0.2, 0) is 14.6 Å². The highest BCUT2D eigenvalue weighted by Gasteiger charge is 2.26. The molecule has 0 N–H and O–H groups in total. The van der Waals surface area contributed by atoms with Crippen molar-refractivity contribution in [3.8, 4) is 5.75 Å². The van der Waals surface area contributed by atoms with Crippen molar-refractivity contribution < 1.29 is 17.9 Å². The van der Waals surface area contributed by atoms with E-state index in [0.717, 1.165) is 5.56 Å². The Morgan fingerprint density at radius 2 is 1.90 bits per heavy atom. The second-order valence-corrected chi connectivity index (χ2v) is 6.95. The molecule has 0 amide bonds. The summed E-state index contributed by atoms with van der Waals surface area (Å²) < 4.78 is 36.2. The van der Waals surface area contributed by atoms with E-state index in [-0.39, 0.29) is 15.9 Å². The molecular weight excluding hydrogens is 288 g/mol. The van der Waals surface area contributed by atoms with Crippen LogP contribution in [0.15, 0.2) is 58.3 Å². The van der Waals surface area contributed by atoms with Crippen molar-refractivity contribution in [2.24, 2.45) is 0 Å². The third kappa shape index (κ3) is 3.09. The molecule has 4 nitrogen and oxygen atoms in total. The average molecular weight is 304 g/mol. The fourth-order valence-corrected chi connectivity index (χ4v) is 3.52. The molecule has 0 aliphatic carbocycles. The van der Waals surface area contributed by atoms with Gasteiger partial charge in [0.15, 0.2) is 0 Å². The van der Waals surface area contributed by atoms with E-state index >= 15 is 0 Å². The van der Waals surface area contributed by atoms with Gasteiger partial charge in [-0.2, -0.15) is 0 Å². The first kappa shape index (κ1) is 14.1. The van der Waals surface area contributed by atoms with Crippen LogP contribution >= 0.6 is 0 Å². The van der Waals surface area contributed by atoms with Gasteiger partial charge in [-0.15, -0.1) is 0 Å². The zero-order valence-electron chi connectivity index (χ0n) is 11.7. The van der Waals surface area contributed by atoms with Gasteiger partial charge >= 0.3 is 0 Å². The Kier molecular flexibility index (Phi) is 3.69. The van der Waals surface area contributed by atoms with Crippen molar-refractivity contribution in [1.82, 2.24) is 0 Å². The van der Waals surface area contributed by atoms with Gasteiger partial charge in [-0.3, -0.25) is 0 Å². The van der Waals surface area contributed by atoms with Crippen LogP contribution in [0.5, 0.6) is 5.75 Å². The fourth-order valence-electron chi connectivity index (χ4n) is 2.02. The largest absolute Gasteiger partial charge is 0.489 e. The molecule has 0 spiro atoms. The summed E-state index contributed by atoms with van der Waals surface area (Å²) in [5.74, 6) is 0.375. The van der Waals surface area contributed by atoms with Gasteiger partial charge in [0, 0.05) is 0 Å². The van der Waals surface area contributed by atoms with Crippen molar-refractivity contribution >= 4 is 9.84 Å². The van der Waals surface area contributed by atoms with E-state index in [2.05, 4.69) is 0 Å². The van der Waals surface area contributed by atoms with Crippen LogP contribution in [0.25, 0.3) is 0 Å². The molecule has 0 aromatic heterocycles. The van der Waals surface area contributed by atoms with E-state index in [1.807, 2.05) is 13.0 Å². The van der Waals surface area contributed by atoms with E-state index in [4.69, 9.17) is 9.47 Å². The van der Waals surface area contributed by atoms with Crippen LogP contribution in [0.3, 0.4) is 0 Å². The topological polar surface area (TPSA) is 55.9 Å². The first-order chi connectivity index (χ1) is 10.1. The molecular formula is C16H16O4S. The Hall–Kier alpha value is -1.85. The standard InChI is InChI=1S/C16H16O4S/c1-12-7-8-15(20-11-13-10-19-13)16(9-12)21(17,18)14-5-3-2-4-6-14/h2-9,13H,10-11H2,1H3. The molecule has 1 aliphatic heterocycles. The summed E-state index contributed by atoms with van der Waals surface area (Å²) >= 11 is 0. The lowest BCUT2D eigenvalue weighted by molar-refractivity contribution is 0.258. The number of sulfone groups is 1. The minimum Gasteiger partial charge on any atom is -0.489 e. The Labute approximate surface area is 124 Å². The van der Waals surface area contributed by atoms with Crippen LogP contribution in [0.4, 0.5) is 0 Å². The summed E-state index contributed by atoms with van der Waals surface area (Å²) in [7, 11) is -3.59. The molecule has 2 aromatic carbocycles. The zero-order valence-corrected chi connectivity index (χ0v) is 12.5. The van der Waals surface area contributed by atoms with Gasteiger partial charge in [0.25, 0.3) is 0 Å². The SMILES string of the molecule is Cc1ccc(OCC2CO2)c(S(=O)(=O)c2ccccc2)c1. The van der Waals surface area contributed by atoms with Gasteiger partial charge in [-0.25, -0.2) is 8.42 Å². The van der Waals surface area contributed by atoms with Crippen LogP contribution in [0.2, 0.25) is 0 Å². The second kappa shape index (κ2) is 5.50. The first-order valence-electron chi connectivity index (χ1n) is 6.72. The molecule has 1 saturated heterocycles. The number of hydrogen-bond donors (Lipinski definition) is 0. The van der Waals surface area contributed by atoms with Gasteiger partial charge < -0.3 is 9.47 Å². The van der Waals surface area contributed by atoms with Gasteiger partial charge in [0.2, 0.25) is 9.84 Å². The first-order valence-corrected chi connectivity index (χ1v) is 8.21. The van der Waals surface area contributed by atoms with E-state index < -0.39 is 9.84 Å². The van der Waals surface area contributed by atoms with Gasteiger partial charge in [0.1, 0.15) is 23.4 Å². The van der Waals surface area contributed by atoms with E-state index in [1.165, 1.54) is 0 Å². The van der Waals surface area contributed by atoms with Crippen LogP contribution < -0.4 is 4.74 Å². The molecule has 1 heterocycles. The second-order valence-electron chi connectivity index (χ2n) is 5.03. The van der Waals surface area contributed by atoms with Gasteiger partial charge in [-0.05, 0) is 36.8 Å². The minimum atomic E-state index is -3.59. The van der Waals surface area contributed by atoms with Crippen molar-refractivity contribution in [2.45, 2.75) is 22.8 Å². The Bertz CT molecular complexity index is 734. The monoisotopic (exact) mass is 304 g/mol. The molecule has 5 heteroatoms. The molecule has 0 bridgehead atoms. The zero-order chi connectivity index (χ0) is 14.9. The summed E-state index contributed by atoms with van der Waals surface area (Å²) in [6.07, 6.45) is 0.0820. The molecule has 0 radical (unpaired) electrons. The molecule has 1 fully saturated rings. The molecule has 2 aromatic rings. The summed E-state index contributed by atoms with van der Waals surface area (Å²) in [5, 5.41) is 0. The molecule has 21 heavy (non-hydrogen) atoms. The highest BCUT2D eigenvalue weighted by molar-refractivity contribution is 7.91. The Morgan fingerprint density at radius 1 is 1.19 bits per heavy atom. The van der Waals surface area contributed by atoms with Crippen LogP contribution in [0, 0.1) is 6.92 Å². The number of aryl methyl sites for hydroxylation is 1. The van der Waals surface area contributed by atoms with Crippen molar-refractivity contribution in [2.75, 3.05) is 13.2 Å². The van der Waals surface area contributed by atoms with Crippen molar-refractivity contribution in [1.29, 1.82) is 0 Å². The van der Waals surface area contributed by atoms with Gasteiger partial charge in [0.05, 0.1) is 11.5 Å². The third-order valence-corrected chi connectivity index (χ3v) is 5.06.